The Balaban J connectivity index is 3.12. The van der Waals surface area contributed by atoms with Crippen molar-refractivity contribution in [2.45, 2.75) is 84.5 Å². The van der Waals surface area contributed by atoms with Gasteiger partial charge in [0.2, 0.25) is 0 Å². The highest BCUT2D eigenvalue weighted by molar-refractivity contribution is 4.79. The third kappa shape index (κ3) is 13.6. The molecule has 0 aliphatic heterocycles. The van der Waals surface area contributed by atoms with Crippen molar-refractivity contribution in [1.29, 1.82) is 0 Å². The molecular formula is C16H32O2. The van der Waals surface area contributed by atoms with Crippen molar-refractivity contribution in [3.05, 3.63) is 12.3 Å². The van der Waals surface area contributed by atoms with Crippen molar-refractivity contribution in [1.82, 2.24) is 0 Å². The summed E-state index contributed by atoms with van der Waals surface area (Å²) in [6.07, 6.45) is 13.5. The van der Waals surface area contributed by atoms with Gasteiger partial charge in [-0.3, -0.25) is 0 Å². The first-order chi connectivity index (χ1) is 8.81. The first-order valence-corrected chi connectivity index (χ1v) is 7.78. The molecule has 0 amide bonds. The van der Waals surface area contributed by atoms with Gasteiger partial charge in [0, 0.05) is 6.42 Å². The molecule has 0 atom stereocenters. The second-order valence-corrected chi connectivity index (χ2v) is 5.02. The molecule has 0 saturated heterocycles. The number of unbranched alkanes of at least 4 members (excludes halogenated alkanes) is 8. The second kappa shape index (κ2) is 14.6. The van der Waals surface area contributed by atoms with Crippen molar-refractivity contribution in [2.24, 2.45) is 0 Å². The average Bonchev–Trinajstić information content (AvgIpc) is 2.37. The van der Waals surface area contributed by atoms with Crippen LogP contribution in [0.4, 0.5) is 0 Å². The van der Waals surface area contributed by atoms with Crippen LogP contribution >= 0.6 is 0 Å². The van der Waals surface area contributed by atoms with Crippen molar-refractivity contribution < 1.29 is 9.78 Å². The molecule has 0 aliphatic rings. The van der Waals surface area contributed by atoms with E-state index in [9.17, 15) is 0 Å². The predicted octanol–water partition coefficient (Wildman–Crippen LogP) is 5.78. The molecule has 2 heteroatoms. The lowest BCUT2D eigenvalue weighted by Crippen LogP contribution is -1.97. The van der Waals surface area contributed by atoms with Crippen LogP contribution in [-0.2, 0) is 9.78 Å². The number of hydrogen-bond donors (Lipinski definition) is 0. The largest absolute Gasteiger partial charge is 0.343 e. The fourth-order valence-electron chi connectivity index (χ4n) is 1.86. The van der Waals surface area contributed by atoms with Gasteiger partial charge in [-0.15, -0.1) is 0 Å². The van der Waals surface area contributed by atoms with Crippen LogP contribution in [0.15, 0.2) is 12.3 Å². The number of hydrogen-bond acceptors (Lipinski definition) is 2. The van der Waals surface area contributed by atoms with Gasteiger partial charge in [-0.2, -0.15) is 4.89 Å². The zero-order chi connectivity index (χ0) is 13.5. The monoisotopic (exact) mass is 256 g/mol. The fraction of sp³-hybridized carbons (Fsp3) is 0.875. The Morgan fingerprint density at radius 1 is 0.778 bits per heavy atom. The summed E-state index contributed by atoms with van der Waals surface area (Å²) in [5, 5.41) is 0. The summed E-state index contributed by atoms with van der Waals surface area (Å²) in [5.41, 5.74) is 0. The van der Waals surface area contributed by atoms with Gasteiger partial charge in [0.1, 0.15) is 5.76 Å². The Morgan fingerprint density at radius 3 is 1.94 bits per heavy atom. The normalized spacial score (nSPS) is 10.6. The van der Waals surface area contributed by atoms with Gasteiger partial charge in [0.25, 0.3) is 0 Å². The van der Waals surface area contributed by atoms with E-state index < -0.39 is 0 Å². The quantitative estimate of drug-likeness (QED) is 0.170. The van der Waals surface area contributed by atoms with Crippen molar-refractivity contribution >= 4 is 0 Å². The molecule has 0 aromatic rings. The summed E-state index contributed by atoms with van der Waals surface area (Å²) in [5.74, 6) is 0.778. The second-order valence-electron chi connectivity index (χ2n) is 5.02. The van der Waals surface area contributed by atoms with Crippen LogP contribution in [0.3, 0.4) is 0 Å². The molecule has 108 valence electrons. The molecule has 0 radical (unpaired) electrons. The summed E-state index contributed by atoms with van der Waals surface area (Å²) < 4.78 is 0. The van der Waals surface area contributed by atoms with Crippen LogP contribution < -0.4 is 0 Å². The summed E-state index contributed by atoms with van der Waals surface area (Å²) in [4.78, 5) is 10.3. The molecule has 0 aromatic heterocycles. The Kier molecular flexibility index (Phi) is 14.2. The van der Waals surface area contributed by atoms with Crippen LogP contribution in [0, 0.1) is 0 Å². The van der Waals surface area contributed by atoms with E-state index >= 15 is 0 Å². The highest BCUT2D eigenvalue weighted by Crippen LogP contribution is 2.11. The van der Waals surface area contributed by atoms with E-state index in [1.807, 2.05) is 0 Å². The lowest BCUT2D eigenvalue weighted by Gasteiger charge is -2.07. The zero-order valence-corrected chi connectivity index (χ0v) is 12.5. The van der Waals surface area contributed by atoms with Crippen LogP contribution in [0.25, 0.3) is 0 Å². The minimum absolute atomic E-state index is 0.693. The van der Waals surface area contributed by atoms with Crippen molar-refractivity contribution in [3.63, 3.8) is 0 Å². The van der Waals surface area contributed by atoms with Crippen LogP contribution in [0.1, 0.15) is 84.5 Å². The van der Waals surface area contributed by atoms with Crippen LogP contribution in [-0.4, -0.2) is 6.61 Å². The summed E-state index contributed by atoms with van der Waals surface area (Å²) in [6.45, 7) is 9.02. The van der Waals surface area contributed by atoms with Gasteiger partial charge in [-0.1, -0.05) is 71.8 Å². The minimum Gasteiger partial charge on any atom is -0.343 e. The Morgan fingerprint density at radius 2 is 1.33 bits per heavy atom. The molecule has 0 spiro atoms. The first kappa shape index (κ1) is 17.5. The van der Waals surface area contributed by atoms with E-state index in [1.165, 1.54) is 57.8 Å². The van der Waals surface area contributed by atoms with Crippen molar-refractivity contribution in [2.75, 3.05) is 6.61 Å². The molecular weight excluding hydrogens is 224 g/mol. The maximum atomic E-state index is 5.16. The molecule has 0 N–H and O–H groups in total. The number of rotatable bonds is 14. The highest BCUT2D eigenvalue weighted by Gasteiger charge is 1.97. The molecule has 0 aliphatic carbocycles. The summed E-state index contributed by atoms with van der Waals surface area (Å²) in [7, 11) is 0. The maximum Gasteiger partial charge on any atom is 0.135 e. The van der Waals surface area contributed by atoms with Gasteiger partial charge in [-0.25, -0.2) is 0 Å². The zero-order valence-electron chi connectivity index (χ0n) is 12.5. The fourth-order valence-corrected chi connectivity index (χ4v) is 1.86. The minimum atomic E-state index is 0.693. The van der Waals surface area contributed by atoms with Gasteiger partial charge in [-0.05, 0) is 12.8 Å². The standard InChI is InChI=1S/C16H32O2/c1-4-6-8-10-12-14-16(3)18-17-15-13-11-9-7-5-2/h3-15H2,1-2H3. The van der Waals surface area contributed by atoms with Gasteiger partial charge in [0.05, 0.1) is 6.61 Å². The Bertz CT molecular complexity index is 178. The van der Waals surface area contributed by atoms with Gasteiger partial charge in [0.15, 0.2) is 0 Å². The van der Waals surface area contributed by atoms with E-state index in [0.29, 0.717) is 6.61 Å². The summed E-state index contributed by atoms with van der Waals surface area (Å²) >= 11 is 0. The van der Waals surface area contributed by atoms with E-state index in [-0.39, 0.29) is 0 Å². The smallest absolute Gasteiger partial charge is 0.135 e. The average molecular weight is 256 g/mol. The van der Waals surface area contributed by atoms with Gasteiger partial charge < -0.3 is 4.89 Å². The van der Waals surface area contributed by atoms with E-state index in [2.05, 4.69) is 20.4 Å². The molecule has 2 nitrogen and oxygen atoms in total. The Labute approximate surface area is 114 Å². The molecule has 0 bridgehead atoms. The highest BCUT2D eigenvalue weighted by atomic mass is 17.2. The summed E-state index contributed by atoms with van der Waals surface area (Å²) in [6, 6.07) is 0. The van der Waals surface area contributed by atoms with Crippen LogP contribution in [0.5, 0.6) is 0 Å². The Hall–Kier alpha value is -0.500. The topological polar surface area (TPSA) is 18.5 Å². The molecule has 0 unspecified atom stereocenters. The lowest BCUT2D eigenvalue weighted by molar-refractivity contribution is -0.264. The molecule has 0 saturated carbocycles. The van der Waals surface area contributed by atoms with Gasteiger partial charge >= 0.3 is 0 Å². The SMILES string of the molecule is C=C(CCCCCCC)OOCCCCCCC. The third-order valence-corrected chi connectivity index (χ3v) is 3.07. The molecule has 0 heterocycles. The van der Waals surface area contributed by atoms with E-state index in [0.717, 1.165) is 18.6 Å². The molecule has 0 rings (SSSR count). The molecule has 18 heavy (non-hydrogen) atoms. The first-order valence-electron chi connectivity index (χ1n) is 7.78. The van der Waals surface area contributed by atoms with E-state index in [4.69, 9.17) is 9.78 Å². The van der Waals surface area contributed by atoms with E-state index in [1.54, 1.807) is 0 Å². The lowest BCUT2D eigenvalue weighted by atomic mass is 10.1. The maximum absolute atomic E-state index is 5.16. The molecule has 0 fully saturated rings. The van der Waals surface area contributed by atoms with Crippen LogP contribution in [0.2, 0.25) is 0 Å². The number of allylic oxidation sites excluding steroid dienone is 1. The van der Waals surface area contributed by atoms with Crippen molar-refractivity contribution in [3.8, 4) is 0 Å². The molecule has 0 aromatic carbocycles. The predicted molar refractivity (Wildman–Crippen MR) is 78.3 cm³/mol. The third-order valence-electron chi connectivity index (χ3n) is 3.07.